The number of benzene rings is 7. The van der Waals surface area contributed by atoms with E-state index in [9.17, 15) is 0 Å². The second kappa shape index (κ2) is 12.1. The van der Waals surface area contributed by atoms with Gasteiger partial charge in [0.05, 0.1) is 22.2 Å². The Morgan fingerprint density at radius 2 is 0.833 bits per heavy atom. The van der Waals surface area contributed by atoms with Crippen LogP contribution in [0.1, 0.15) is 0 Å². The molecule has 0 amide bonds. The van der Waals surface area contributed by atoms with Crippen LogP contribution in [0.25, 0.3) is 111 Å². The minimum Gasteiger partial charge on any atom is -0.455 e. The van der Waals surface area contributed by atoms with Gasteiger partial charge in [0.25, 0.3) is 0 Å². The number of furan rings is 2. The third-order valence-electron chi connectivity index (χ3n) is 10.2. The summed E-state index contributed by atoms with van der Waals surface area (Å²) >= 11 is 0. The Kier molecular flexibility index (Phi) is 6.75. The molecule has 0 aliphatic carbocycles. The van der Waals surface area contributed by atoms with Gasteiger partial charge in [0, 0.05) is 38.2 Å². The van der Waals surface area contributed by atoms with E-state index in [1.165, 1.54) is 0 Å². The van der Waals surface area contributed by atoms with Crippen LogP contribution < -0.4 is 0 Å². The molecule has 11 aromatic rings. The average molecular weight is 693 g/mol. The van der Waals surface area contributed by atoms with Crippen LogP contribution in [0.5, 0.6) is 0 Å². The van der Waals surface area contributed by atoms with Crippen molar-refractivity contribution in [2.45, 2.75) is 0 Å². The Hall–Kier alpha value is -7.44. The highest BCUT2D eigenvalue weighted by atomic mass is 16.3. The first kappa shape index (κ1) is 30.2. The van der Waals surface area contributed by atoms with Gasteiger partial charge in [-0.25, -0.2) is 19.9 Å². The fraction of sp³-hybridized carbons (Fsp3) is 0. The van der Waals surface area contributed by atoms with Crippen LogP contribution in [0.15, 0.2) is 179 Å². The fourth-order valence-electron chi connectivity index (χ4n) is 7.52. The molecule has 0 bridgehead atoms. The van der Waals surface area contributed by atoms with Crippen LogP contribution in [0.2, 0.25) is 0 Å². The quantitative estimate of drug-likeness (QED) is 0.179. The van der Waals surface area contributed by atoms with E-state index >= 15 is 0 Å². The zero-order chi connectivity index (χ0) is 35.6. The number of hydrogen-bond donors (Lipinski definition) is 0. The number of aromatic nitrogens is 4. The summed E-state index contributed by atoms with van der Waals surface area (Å²) in [5.74, 6) is 1.68. The summed E-state index contributed by atoms with van der Waals surface area (Å²) in [5.41, 5.74) is 10.8. The van der Waals surface area contributed by atoms with Crippen LogP contribution in [0.3, 0.4) is 0 Å². The maximum atomic E-state index is 6.44. The van der Waals surface area contributed by atoms with Crippen molar-refractivity contribution in [1.29, 1.82) is 0 Å². The van der Waals surface area contributed by atoms with Crippen molar-refractivity contribution in [3.63, 3.8) is 0 Å². The first-order valence-electron chi connectivity index (χ1n) is 17.9. The zero-order valence-electron chi connectivity index (χ0n) is 28.8. The van der Waals surface area contributed by atoms with E-state index in [0.29, 0.717) is 17.5 Å². The molecule has 0 saturated carbocycles. The predicted octanol–water partition coefficient (Wildman–Crippen LogP) is 12.6. The summed E-state index contributed by atoms with van der Waals surface area (Å²) in [4.78, 5) is 20.4. The molecule has 0 aliphatic rings. The Bertz CT molecular complexity index is 3200. The van der Waals surface area contributed by atoms with Crippen molar-refractivity contribution >= 4 is 54.8 Å². The molecule has 0 fully saturated rings. The average Bonchev–Trinajstić information content (AvgIpc) is 3.83. The van der Waals surface area contributed by atoms with Gasteiger partial charge in [-0.05, 0) is 41.5 Å². The topological polar surface area (TPSA) is 77.8 Å². The van der Waals surface area contributed by atoms with Crippen molar-refractivity contribution in [2.24, 2.45) is 0 Å². The molecule has 11 rings (SSSR count). The molecule has 4 heterocycles. The standard InChI is InChI=1S/C48H28N4O2/c1-2-11-29(12-3-1)30-21-25-32(26-22-30)46-50-47(52-48(51-46)38-17-10-16-35-34-13-5-8-19-40(34)53-44(35)38)33-27-23-31(24-28-33)43-42-37-15-6-9-20-41(37)54-45(42)36-14-4-7-18-39(36)49-43/h1-28H. The van der Waals surface area contributed by atoms with E-state index in [2.05, 4.69) is 84.9 Å². The van der Waals surface area contributed by atoms with Crippen LogP contribution in [-0.2, 0) is 0 Å². The van der Waals surface area contributed by atoms with Gasteiger partial charge in [0.2, 0.25) is 0 Å². The largest absolute Gasteiger partial charge is 0.455 e. The first-order chi connectivity index (χ1) is 26.7. The monoisotopic (exact) mass is 692 g/mol. The second-order valence-electron chi connectivity index (χ2n) is 13.4. The van der Waals surface area contributed by atoms with Crippen LogP contribution in [0.4, 0.5) is 0 Å². The molecule has 7 aromatic carbocycles. The van der Waals surface area contributed by atoms with Gasteiger partial charge in [-0.2, -0.15) is 0 Å². The maximum Gasteiger partial charge on any atom is 0.167 e. The Labute approximate surface area is 309 Å². The molecule has 4 aromatic heterocycles. The number of pyridine rings is 1. The van der Waals surface area contributed by atoms with Crippen LogP contribution >= 0.6 is 0 Å². The second-order valence-corrected chi connectivity index (χ2v) is 13.4. The number of nitrogens with zero attached hydrogens (tertiary/aromatic N) is 4. The van der Waals surface area contributed by atoms with Gasteiger partial charge >= 0.3 is 0 Å². The third kappa shape index (κ3) is 4.89. The maximum absolute atomic E-state index is 6.44. The minimum atomic E-state index is 0.540. The smallest absolute Gasteiger partial charge is 0.167 e. The number of para-hydroxylation sites is 4. The van der Waals surface area contributed by atoms with Crippen molar-refractivity contribution < 1.29 is 8.83 Å². The summed E-state index contributed by atoms with van der Waals surface area (Å²) in [6.07, 6.45) is 0. The van der Waals surface area contributed by atoms with E-state index in [-0.39, 0.29) is 0 Å². The zero-order valence-corrected chi connectivity index (χ0v) is 28.8. The van der Waals surface area contributed by atoms with Gasteiger partial charge < -0.3 is 8.83 Å². The Balaban J connectivity index is 1.07. The van der Waals surface area contributed by atoms with Gasteiger partial charge in [-0.1, -0.05) is 140 Å². The molecule has 0 N–H and O–H groups in total. The number of hydrogen-bond acceptors (Lipinski definition) is 6. The number of rotatable bonds is 5. The predicted molar refractivity (Wildman–Crippen MR) is 217 cm³/mol. The van der Waals surface area contributed by atoms with Crippen molar-refractivity contribution in [2.75, 3.05) is 0 Å². The molecule has 54 heavy (non-hydrogen) atoms. The van der Waals surface area contributed by atoms with Crippen molar-refractivity contribution in [3.8, 4) is 56.5 Å². The van der Waals surface area contributed by atoms with Crippen LogP contribution in [0, 0.1) is 0 Å². The van der Waals surface area contributed by atoms with E-state index in [0.717, 1.165) is 93.9 Å². The first-order valence-corrected chi connectivity index (χ1v) is 17.9. The van der Waals surface area contributed by atoms with Crippen molar-refractivity contribution in [3.05, 3.63) is 170 Å². The summed E-state index contributed by atoms with van der Waals surface area (Å²) in [6.45, 7) is 0. The van der Waals surface area contributed by atoms with E-state index in [1.807, 2.05) is 84.9 Å². The highest BCUT2D eigenvalue weighted by Crippen LogP contribution is 2.40. The van der Waals surface area contributed by atoms with Gasteiger partial charge in [-0.3, -0.25) is 0 Å². The molecule has 0 spiro atoms. The molecule has 0 aliphatic heterocycles. The Morgan fingerprint density at radius 1 is 0.315 bits per heavy atom. The lowest BCUT2D eigenvalue weighted by Gasteiger charge is -2.10. The minimum absolute atomic E-state index is 0.540. The lowest BCUT2D eigenvalue weighted by Crippen LogP contribution is -2.00. The van der Waals surface area contributed by atoms with E-state index < -0.39 is 0 Å². The van der Waals surface area contributed by atoms with E-state index in [1.54, 1.807) is 0 Å². The fourth-order valence-corrected chi connectivity index (χ4v) is 7.52. The molecule has 6 heteroatoms. The lowest BCUT2D eigenvalue weighted by molar-refractivity contribution is 0.669. The van der Waals surface area contributed by atoms with Gasteiger partial charge in [0.1, 0.15) is 22.3 Å². The molecule has 0 unspecified atom stereocenters. The lowest BCUT2D eigenvalue weighted by atomic mass is 10.0. The molecular formula is C48H28N4O2. The molecule has 0 atom stereocenters. The van der Waals surface area contributed by atoms with Crippen LogP contribution in [-0.4, -0.2) is 19.9 Å². The summed E-state index contributed by atoms with van der Waals surface area (Å²) in [7, 11) is 0. The molecule has 0 radical (unpaired) electrons. The molecule has 6 nitrogen and oxygen atoms in total. The van der Waals surface area contributed by atoms with Gasteiger partial charge in [0.15, 0.2) is 17.5 Å². The Morgan fingerprint density at radius 3 is 1.57 bits per heavy atom. The molecular weight excluding hydrogens is 665 g/mol. The van der Waals surface area contributed by atoms with Gasteiger partial charge in [-0.15, -0.1) is 0 Å². The third-order valence-corrected chi connectivity index (χ3v) is 10.2. The highest BCUT2D eigenvalue weighted by molar-refractivity contribution is 6.19. The summed E-state index contributed by atoms with van der Waals surface area (Å²) < 4.78 is 12.9. The van der Waals surface area contributed by atoms with Crippen molar-refractivity contribution in [1.82, 2.24) is 19.9 Å². The summed E-state index contributed by atoms with van der Waals surface area (Å²) in [5, 5.41) is 5.10. The normalized spacial score (nSPS) is 11.7. The number of fused-ring (bicyclic) bond motifs is 8. The molecule has 0 saturated heterocycles. The SMILES string of the molecule is c1ccc(-c2ccc(-c3nc(-c4ccc(-c5nc6ccccc6c6oc7ccccc7c56)cc4)nc(-c4cccc5c4oc4ccccc45)n3)cc2)cc1. The molecule has 252 valence electrons. The highest BCUT2D eigenvalue weighted by Gasteiger charge is 2.20. The summed E-state index contributed by atoms with van der Waals surface area (Å²) in [6, 6.07) is 57.5. The van der Waals surface area contributed by atoms with E-state index in [4.69, 9.17) is 28.8 Å².